The number of nitrogens with zero attached hydrogens (tertiary/aromatic N) is 1. The molecule has 4 nitrogen and oxygen atoms in total. The van der Waals surface area contributed by atoms with Crippen LogP contribution in [0, 0.1) is 5.92 Å². The number of hydrogen-bond donors (Lipinski definition) is 1. The fourth-order valence-electron chi connectivity index (χ4n) is 1.84. The molecule has 1 amide bonds. The van der Waals surface area contributed by atoms with E-state index in [1.807, 2.05) is 0 Å². The van der Waals surface area contributed by atoms with Crippen LogP contribution in [0.4, 0.5) is 0 Å². The van der Waals surface area contributed by atoms with Crippen LogP contribution in [0.5, 0.6) is 0 Å². The third-order valence-corrected chi connectivity index (χ3v) is 2.82. The molecule has 0 aliphatic carbocycles. The predicted octanol–water partition coefficient (Wildman–Crippen LogP) is 0.0908. The van der Waals surface area contributed by atoms with Gasteiger partial charge < -0.3 is 15.0 Å². The molecule has 14 heavy (non-hydrogen) atoms. The van der Waals surface area contributed by atoms with E-state index in [0.717, 1.165) is 39.1 Å². The van der Waals surface area contributed by atoms with Crippen molar-refractivity contribution in [2.24, 2.45) is 5.92 Å². The Kier molecular flexibility index (Phi) is 4.90. The van der Waals surface area contributed by atoms with Crippen LogP contribution in [0.15, 0.2) is 0 Å². The maximum absolute atomic E-state index is 11.3. The highest BCUT2D eigenvalue weighted by Crippen LogP contribution is 2.16. The van der Waals surface area contributed by atoms with Gasteiger partial charge in [-0.05, 0) is 25.9 Å². The van der Waals surface area contributed by atoms with Crippen molar-refractivity contribution >= 4 is 5.91 Å². The highest BCUT2D eigenvalue weighted by atomic mass is 16.5. The normalized spacial score (nSPS) is 19.6. The Labute approximate surface area is 85.6 Å². The number of carbonyl (C=O) groups excluding carboxylic acids is 1. The van der Waals surface area contributed by atoms with Gasteiger partial charge in [0.1, 0.15) is 0 Å². The molecule has 0 bridgehead atoms. The number of amides is 1. The Hall–Kier alpha value is -0.610. The lowest BCUT2D eigenvalue weighted by Gasteiger charge is -2.30. The van der Waals surface area contributed by atoms with Crippen LogP contribution in [0.1, 0.15) is 12.8 Å². The second-order valence-corrected chi connectivity index (χ2v) is 3.72. The lowest BCUT2D eigenvalue weighted by molar-refractivity contribution is -0.125. The van der Waals surface area contributed by atoms with Gasteiger partial charge in [-0.3, -0.25) is 4.79 Å². The summed E-state index contributed by atoms with van der Waals surface area (Å²) < 4.78 is 5.02. The predicted molar refractivity (Wildman–Crippen MR) is 55.1 cm³/mol. The van der Waals surface area contributed by atoms with Crippen LogP contribution in [-0.2, 0) is 9.53 Å². The van der Waals surface area contributed by atoms with Gasteiger partial charge in [0.2, 0.25) is 5.91 Å². The molecule has 0 radical (unpaired) electrons. The number of piperidine rings is 1. The lowest BCUT2D eigenvalue weighted by Crippen LogP contribution is -2.40. The maximum atomic E-state index is 11.3. The van der Waals surface area contributed by atoms with Gasteiger partial charge in [0.15, 0.2) is 0 Å². The Morgan fingerprint density at radius 2 is 2.14 bits per heavy atom. The van der Waals surface area contributed by atoms with Gasteiger partial charge in [-0.2, -0.15) is 0 Å². The van der Waals surface area contributed by atoms with E-state index in [-0.39, 0.29) is 11.8 Å². The molecule has 0 saturated carbocycles. The fourth-order valence-corrected chi connectivity index (χ4v) is 1.84. The quantitative estimate of drug-likeness (QED) is 0.699. The number of ether oxygens (including phenoxy) is 1. The van der Waals surface area contributed by atoms with Crippen LogP contribution < -0.4 is 5.32 Å². The highest BCUT2D eigenvalue weighted by Gasteiger charge is 2.23. The zero-order valence-electron chi connectivity index (χ0n) is 9.08. The minimum Gasteiger partial charge on any atom is -0.383 e. The molecule has 1 rings (SSSR count). The highest BCUT2D eigenvalue weighted by molar-refractivity contribution is 5.78. The fraction of sp³-hybridized carbons (Fsp3) is 0.900. The van der Waals surface area contributed by atoms with Crippen LogP contribution in [0.2, 0.25) is 0 Å². The molecule has 82 valence electrons. The molecule has 1 saturated heterocycles. The summed E-state index contributed by atoms with van der Waals surface area (Å²) in [5.74, 6) is 0.412. The molecule has 1 aliphatic rings. The third kappa shape index (κ3) is 3.27. The molecule has 0 atom stereocenters. The zero-order chi connectivity index (χ0) is 10.4. The van der Waals surface area contributed by atoms with Gasteiger partial charge in [0.05, 0.1) is 6.61 Å². The summed E-state index contributed by atoms with van der Waals surface area (Å²) in [5, 5.41) is 2.71. The lowest BCUT2D eigenvalue weighted by atomic mass is 9.96. The van der Waals surface area contributed by atoms with Gasteiger partial charge in [-0.25, -0.2) is 0 Å². The number of carbonyl (C=O) groups is 1. The van der Waals surface area contributed by atoms with Crippen molar-refractivity contribution in [1.29, 1.82) is 0 Å². The molecule has 1 fully saturated rings. The summed E-state index contributed by atoms with van der Waals surface area (Å²) in [6.45, 7) is 3.80. The molecule has 1 N–H and O–H groups in total. The Morgan fingerprint density at radius 3 is 2.64 bits per heavy atom. The second-order valence-electron chi connectivity index (χ2n) is 3.72. The summed E-state index contributed by atoms with van der Waals surface area (Å²) in [4.78, 5) is 13.7. The van der Waals surface area contributed by atoms with E-state index in [1.165, 1.54) is 0 Å². The van der Waals surface area contributed by atoms with E-state index in [1.54, 1.807) is 14.2 Å². The number of rotatable bonds is 4. The minimum absolute atomic E-state index is 0.191. The first kappa shape index (κ1) is 11.5. The SMILES string of the molecule is CNC(=O)C1CCN(CCOC)CC1. The molecule has 1 heterocycles. The van der Waals surface area contributed by atoms with Gasteiger partial charge in [0.25, 0.3) is 0 Å². The number of hydrogen-bond acceptors (Lipinski definition) is 3. The first-order valence-corrected chi connectivity index (χ1v) is 5.20. The van der Waals surface area contributed by atoms with Crippen molar-refractivity contribution in [2.75, 3.05) is 40.4 Å². The van der Waals surface area contributed by atoms with Crippen LogP contribution in [-0.4, -0.2) is 51.2 Å². The second kappa shape index (κ2) is 5.98. The summed E-state index contributed by atoms with van der Waals surface area (Å²) >= 11 is 0. The number of likely N-dealkylation sites (tertiary alicyclic amines) is 1. The largest absolute Gasteiger partial charge is 0.383 e. The summed E-state index contributed by atoms with van der Waals surface area (Å²) in [6, 6.07) is 0. The van der Waals surface area contributed by atoms with E-state index in [4.69, 9.17) is 4.74 Å². The van der Waals surface area contributed by atoms with Crippen LogP contribution in [0.25, 0.3) is 0 Å². The topological polar surface area (TPSA) is 41.6 Å². The van der Waals surface area contributed by atoms with E-state index in [9.17, 15) is 4.79 Å². The minimum atomic E-state index is 0.191. The van der Waals surface area contributed by atoms with Crippen molar-refractivity contribution < 1.29 is 9.53 Å². The van der Waals surface area contributed by atoms with Crippen molar-refractivity contribution in [2.45, 2.75) is 12.8 Å². The maximum Gasteiger partial charge on any atom is 0.222 e. The Bertz CT molecular complexity index is 177. The smallest absolute Gasteiger partial charge is 0.222 e. The van der Waals surface area contributed by atoms with Crippen LogP contribution >= 0.6 is 0 Å². The number of methoxy groups -OCH3 is 1. The molecule has 0 aromatic rings. The van der Waals surface area contributed by atoms with E-state index in [0.29, 0.717) is 0 Å². The van der Waals surface area contributed by atoms with Gasteiger partial charge >= 0.3 is 0 Å². The molecule has 0 unspecified atom stereocenters. The van der Waals surface area contributed by atoms with Crippen LogP contribution in [0.3, 0.4) is 0 Å². The van der Waals surface area contributed by atoms with Crippen molar-refractivity contribution in [1.82, 2.24) is 10.2 Å². The number of nitrogens with one attached hydrogen (secondary N) is 1. The van der Waals surface area contributed by atoms with Crippen molar-refractivity contribution in [3.8, 4) is 0 Å². The third-order valence-electron chi connectivity index (χ3n) is 2.82. The molecular weight excluding hydrogens is 180 g/mol. The molecule has 0 aromatic carbocycles. The van der Waals surface area contributed by atoms with Gasteiger partial charge in [-0.15, -0.1) is 0 Å². The molecule has 4 heteroatoms. The summed E-state index contributed by atoms with van der Waals surface area (Å²) in [5.41, 5.74) is 0. The summed E-state index contributed by atoms with van der Waals surface area (Å²) in [7, 11) is 3.43. The zero-order valence-corrected chi connectivity index (χ0v) is 9.08. The standard InChI is InChI=1S/C10H20N2O2/c1-11-10(13)9-3-5-12(6-4-9)7-8-14-2/h9H,3-8H2,1-2H3,(H,11,13). The molecule has 0 spiro atoms. The van der Waals surface area contributed by atoms with E-state index >= 15 is 0 Å². The average Bonchev–Trinajstić information content (AvgIpc) is 2.26. The van der Waals surface area contributed by atoms with E-state index < -0.39 is 0 Å². The molecular formula is C10H20N2O2. The Morgan fingerprint density at radius 1 is 1.50 bits per heavy atom. The van der Waals surface area contributed by atoms with Gasteiger partial charge in [0, 0.05) is 26.6 Å². The molecule has 1 aliphatic heterocycles. The van der Waals surface area contributed by atoms with Gasteiger partial charge in [-0.1, -0.05) is 0 Å². The van der Waals surface area contributed by atoms with Crippen molar-refractivity contribution in [3.05, 3.63) is 0 Å². The monoisotopic (exact) mass is 200 g/mol. The first-order valence-electron chi connectivity index (χ1n) is 5.20. The Balaban J connectivity index is 2.20. The first-order chi connectivity index (χ1) is 6.77. The molecule has 0 aromatic heterocycles. The average molecular weight is 200 g/mol. The summed E-state index contributed by atoms with van der Waals surface area (Å²) in [6.07, 6.45) is 1.95. The van der Waals surface area contributed by atoms with E-state index in [2.05, 4.69) is 10.2 Å². The van der Waals surface area contributed by atoms with Crippen molar-refractivity contribution in [3.63, 3.8) is 0 Å².